The van der Waals surface area contributed by atoms with Crippen LogP contribution >= 0.6 is 0 Å². The number of nitrogens with two attached hydrogens (primary N) is 2. The van der Waals surface area contributed by atoms with Crippen LogP contribution in [0.4, 0.5) is 11.4 Å². The van der Waals surface area contributed by atoms with Gasteiger partial charge in [-0.3, -0.25) is 4.90 Å². The van der Waals surface area contributed by atoms with Gasteiger partial charge in [0.05, 0.1) is 0 Å². The minimum atomic E-state index is 0.215. The Balaban J connectivity index is 2.09. The number of benzene rings is 1. The van der Waals surface area contributed by atoms with Crippen molar-refractivity contribution in [3.05, 3.63) is 23.8 Å². The Kier molecular flexibility index (Phi) is 4.66. The molecule has 1 aromatic rings. The molecule has 1 saturated heterocycles. The highest BCUT2D eigenvalue weighted by molar-refractivity contribution is 5.58. The molecule has 0 saturated carbocycles. The van der Waals surface area contributed by atoms with Gasteiger partial charge in [-0.25, -0.2) is 0 Å². The Morgan fingerprint density at radius 1 is 1.26 bits per heavy atom. The van der Waals surface area contributed by atoms with E-state index in [0.717, 1.165) is 44.0 Å². The van der Waals surface area contributed by atoms with Gasteiger partial charge in [0.25, 0.3) is 0 Å². The average molecular weight is 262 g/mol. The van der Waals surface area contributed by atoms with Gasteiger partial charge in [-0.05, 0) is 43.7 Å². The Bertz CT molecular complexity index is 419. The van der Waals surface area contributed by atoms with E-state index >= 15 is 0 Å². The molecule has 2 rings (SSSR count). The highest BCUT2D eigenvalue weighted by atomic mass is 15.2. The van der Waals surface area contributed by atoms with Gasteiger partial charge in [-0.15, -0.1) is 0 Å². The summed E-state index contributed by atoms with van der Waals surface area (Å²) in [5.74, 6) is 0. The van der Waals surface area contributed by atoms with E-state index in [1.165, 1.54) is 12.1 Å². The van der Waals surface area contributed by atoms with E-state index in [-0.39, 0.29) is 6.04 Å². The topological polar surface area (TPSA) is 58.5 Å². The van der Waals surface area contributed by atoms with Crippen LogP contribution < -0.4 is 16.4 Å². The highest BCUT2D eigenvalue weighted by Gasteiger charge is 2.20. The zero-order chi connectivity index (χ0) is 13.8. The first kappa shape index (κ1) is 14.2. The molecule has 1 aliphatic heterocycles. The first-order valence-corrected chi connectivity index (χ1v) is 7.19. The number of anilines is 2. The number of hydrogen-bond acceptors (Lipinski definition) is 4. The number of aryl methyl sites for hydroxylation is 1. The van der Waals surface area contributed by atoms with Gasteiger partial charge in [-0.1, -0.05) is 6.92 Å². The highest BCUT2D eigenvalue weighted by Crippen LogP contribution is 2.21. The van der Waals surface area contributed by atoms with E-state index in [1.54, 1.807) is 0 Å². The van der Waals surface area contributed by atoms with Crippen molar-refractivity contribution < 1.29 is 0 Å². The zero-order valence-electron chi connectivity index (χ0n) is 12.1. The van der Waals surface area contributed by atoms with Crippen LogP contribution in [0.5, 0.6) is 0 Å². The van der Waals surface area contributed by atoms with Gasteiger partial charge >= 0.3 is 0 Å². The molecule has 0 radical (unpaired) electrons. The van der Waals surface area contributed by atoms with Crippen LogP contribution in [0.1, 0.15) is 18.9 Å². The Morgan fingerprint density at radius 3 is 2.74 bits per heavy atom. The van der Waals surface area contributed by atoms with Crippen molar-refractivity contribution >= 4 is 11.4 Å². The number of rotatable bonds is 3. The molecule has 106 valence electrons. The summed E-state index contributed by atoms with van der Waals surface area (Å²) in [6, 6.07) is 6.47. The molecule has 1 heterocycles. The Labute approximate surface area is 116 Å². The van der Waals surface area contributed by atoms with Crippen LogP contribution in [0, 0.1) is 6.92 Å². The number of nitrogens with zero attached hydrogens (tertiary/aromatic N) is 2. The fraction of sp³-hybridized carbons (Fsp3) is 0.600. The second-order valence-electron chi connectivity index (χ2n) is 5.55. The Morgan fingerprint density at radius 2 is 2.05 bits per heavy atom. The molecule has 4 N–H and O–H groups in total. The molecular weight excluding hydrogens is 236 g/mol. The average Bonchev–Trinajstić information content (AvgIpc) is 2.55. The SMILES string of the molecule is CCCN1CCN(c2ccc(N)c(C)c2)CC(N)C1. The van der Waals surface area contributed by atoms with Crippen LogP contribution in [0.15, 0.2) is 18.2 Å². The largest absolute Gasteiger partial charge is 0.399 e. The van der Waals surface area contributed by atoms with Crippen molar-refractivity contribution in [3.8, 4) is 0 Å². The van der Waals surface area contributed by atoms with Crippen molar-refractivity contribution in [1.29, 1.82) is 0 Å². The van der Waals surface area contributed by atoms with E-state index < -0.39 is 0 Å². The van der Waals surface area contributed by atoms with E-state index in [2.05, 4.69) is 35.8 Å². The van der Waals surface area contributed by atoms with Crippen LogP contribution in [0.3, 0.4) is 0 Å². The summed E-state index contributed by atoms with van der Waals surface area (Å²) < 4.78 is 0. The maximum absolute atomic E-state index is 6.24. The van der Waals surface area contributed by atoms with Gasteiger partial charge in [0, 0.05) is 43.6 Å². The molecule has 0 aliphatic carbocycles. The summed E-state index contributed by atoms with van der Waals surface area (Å²) in [5.41, 5.74) is 15.4. The first-order chi connectivity index (χ1) is 9.10. The van der Waals surface area contributed by atoms with E-state index in [4.69, 9.17) is 11.5 Å². The lowest BCUT2D eigenvalue weighted by atomic mass is 10.1. The third-order valence-corrected chi connectivity index (χ3v) is 3.79. The normalized spacial score (nSPS) is 21.4. The summed E-state index contributed by atoms with van der Waals surface area (Å²) in [7, 11) is 0. The summed E-state index contributed by atoms with van der Waals surface area (Å²) in [4.78, 5) is 4.85. The minimum Gasteiger partial charge on any atom is -0.399 e. The van der Waals surface area contributed by atoms with Gasteiger partial charge < -0.3 is 16.4 Å². The predicted octanol–water partition coefficient (Wildman–Crippen LogP) is 1.44. The molecule has 1 atom stereocenters. The minimum absolute atomic E-state index is 0.215. The second-order valence-corrected chi connectivity index (χ2v) is 5.55. The second kappa shape index (κ2) is 6.26. The lowest BCUT2D eigenvalue weighted by Gasteiger charge is -2.25. The number of hydrogen-bond donors (Lipinski definition) is 2. The van der Waals surface area contributed by atoms with Crippen molar-refractivity contribution in [1.82, 2.24) is 4.90 Å². The van der Waals surface area contributed by atoms with Gasteiger partial charge in [-0.2, -0.15) is 0 Å². The molecule has 0 spiro atoms. The fourth-order valence-corrected chi connectivity index (χ4v) is 2.73. The first-order valence-electron chi connectivity index (χ1n) is 7.19. The predicted molar refractivity (Wildman–Crippen MR) is 82.5 cm³/mol. The monoisotopic (exact) mass is 262 g/mol. The standard InChI is InChI=1S/C15H26N4/c1-3-6-18-7-8-19(11-13(16)10-18)14-4-5-15(17)12(2)9-14/h4-5,9,13H,3,6-8,10-11,16-17H2,1-2H3. The van der Waals surface area contributed by atoms with E-state index in [1.807, 2.05) is 6.07 Å². The van der Waals surface area contributed by atoms with Crippen LogP contribution in [-0.2, 0) is 0 Å². The third-order valence-electron chi connectivity index (χ3n) is 3.79. The maximum Gasteiger partial charge on any atom is 0.0371 e. The van der Waals surface area contributed by atoms with E-state index in [9.17, 15) is 0 Å². The summed E-state index contributed by atoms with van der Waals surface area (Å²) in [5, 5.41) is 0. The molecular formula is C15H26N4. The summed E-state index contributed by atoms with van der Waals surface area (Å²) in [6.45, 7) is 9.46. The molecule has 0 amide bonds. The van der Waals surface area contributed by atoms with Gasteiger partial charge in [0.2, 0.25) is 0 Å². The van der Waals surface area contributed by atoms with Crippen molar-refractivity contribution in [2.24, 2.45) is 5.73 Å². The molecule has 0 bridgehead atoms. The van der Waals surface area contributed by atoms with Crippen LogP contribution in [0.2, 0.25) is 0 Å². The molecule has 1 aliphatic rings. The molecule has 19 heavy (non-hydrogen) atoms. The molecule has 4 heteroatoms. The molecule has 1 fully saturated rings. The Hall–Kier alpha value is -1.26. The van der Waals surface area contributed by atoms with Crippen molar-refractivity contribution in [3.63, 3.8) is 0 Å². The number of nitrogen functional groups attached to an aromatic ring is 1. The summed E-state index contributed by atoms with van der Waals surface area (Å²) >= 11 is 0. The lowest BCUT2D eigenvalue weighted by Crippen LogP contribution is -2.40. The smallest absolute Gasteiger partial charge is 0.0371 e. The van der Waals surface area contributed by atoms with Crippen molar-refractivity contribution in [2.45, 2.75) is 26.3 Å². The van der Waals surface area contributed by atoms with Crippen molar-refractivity contribution in [2.75, 3.05) is 43.4 Å². The third kappa shape index (κ3) is 3.61. The molecule has 4 nitrogen and oxygen atoms in total. The van der Waals surface area contributed by atoms with Gasteiger partial charge in [0.15, 0.2) is 0 Å². The van der Waals surface area contributed by atoms with Crippen LogP contribution in [0.25, 0.3) is 0 Å². The quantitative estimate of drug-likeness (QED) is 0.809. The van der Waals surface area contributed by atoms with Crippen LogP contribution in [-0.4, -0.2) is 43.7 Å². The molecule has 0 aromatic heterocycles. The molecule has 1 unspecified atom stereocenters. The molecule has 1 aromatic carbocycles. The summed E-state index contributed by atoms with van der Waals surface area (Å²) in [6.07, 6.45) is 1.19. The van der Waals surface area contributed by atoms with Gasteiger partial charge in [0.1, 0.15) is 0 Å². The van der Waals surface area contributed by atoms with E-state index in [0.29, 0.717) is 0 Å². The maximum atomic E-state index is 6.24. The zero-order valence-corrected chi connectivity index (χ0v) is 12.1. The lowest BCUT2D eigenvalue weighted by molar-refractivity contribution is 0.282. The fourth-order valence-electron chi connectivity index (χ4n) is 2.73.